The number of hydrogen-bond donors (Lipinski definition) is 1. The minimum atomic E-state index is -0.105. The van der Waals surface area contributed by atoms with Gasteiger partial charge in [-0.15, -0.1) is 0 Å². The number of benzene rings is 1. The average Bonchev–Trinajstić information content (AvgIpc) is 2.33. The van der Waals surface area contributed by atoms with E-state index >= 15 is 0 Å². The van der Waals surface area contributed by atoms with Crippen LogP contribution >= 0.6 is 11.6 Å². The summed E-state index contributed by atoms with van der Waals surface area (Å²) in [5.74, 6) is -0.0375. The SMILES string of the molecule is CN1CCC(C)(NC(=O)c2cccc(Cl)c2)CC1. The van der Waals surface area contributed by atoms with E-state index in [9.17, 15) is 4.79 Å². The number of carbonyl (C=O) groups is 1. The van der Waals surface area contributed by atoms with Crippen molar-refractivity contribution in [3.63, 3.8) is 0 Å². The number of carbonyl (C=O) groups excluding carboxylic acids is 1. The molecule has 0 spiro atoms. The molecule has 0 radical (unpaired) electrons. The highest BCUT2D eigenvalue weighted by molar-refractivity contribution is 6.30. The summed E-state index contributed by atoms with van der Waals surface area (Å²) >= 11 is 5.90. The van der Waals surface area contributed by atoms with Crippen LogP contribution in [-0.4, -0.2) is 36.5 Å². The van der Waals surface area contributed by atoms with E-state index in [1.54, 1.807) is 24.3 Å². The van der Waals surface area contributed by atoms with Crippen molar-refractivity contribution in [1.29, 1.82) is 0 Å². The molecule has 0 saturated carbocycles. The van der Waals surface area contributed by atoms with Crippen molar-refractivity contribution >= 4 is 17.5 Å². The van der Waals surface area contributed by atoms with Gasteiger partial charge in [-0.05, 0) is 45.0 Å². The molecule has 0 aliphatic carbocycles. The van der Waals surface area contributed by atoms with Crippen LogP contribution in [0.4, 0.5) is 0 Å². The van der Waals surface area contributed by atoms with E-state index in [1.807, 2.05) is 0 Å². The van der Waals surface area contributed by atoms with E-state index in [0.29, 0.717) is 10.6 Å². The van der Waals surface area contributed by atoms with Crippen LogP contribution in [0, 0.1) is 0 Å². The number of halogens is 1. The molecule has 1 aliphatic rings. The largest absolute Gasteiger partial charge is 0.347 e. The molecule has 1 saturated heterocycles. The molecule has 98 valence electrons. The van der Waals surface area contributed by atoms with Gasteiger partial charge in [-0.25, -0.2) is 0 Å². The van der Waals surface area contributed by atoms with Gasteiger partial charge in [0.1, 0.15) is 0 Å². The molecule has 1 aromatic carbocycles. The molecule has 4 heteroatoms. The monoisotopic (exact) mass is 266 g/mol. The maximum Gasteiger partial charge on any atom is 0.251 e. The lowest BCUT2D eigenvalue weighted by molar-refractivity contribution is 0.0852. The zero-order valence-corrected chi connectivity index (χ0v) is 11.6. The zero-order chi connectivity index (χ0) is 13.2. The topological polar surface area (TPSA) is 32.3 Å². The molecule has 1 amide bonds. The van der Waals surface area contributed by atoms with E-state index in [2.05, 4.69) is 24.2 Å². The normalized spacial score (nSPS) is 19.5. The lowest BCUT2D eigenvalue weighted by atomic mass is 9.89. The quantitative estimate of drug-likeness (QED) is 0.892. The maximum atomic E-state index is 12.2. The number of likely N-dealkylation sites (tertiary alicyclic amines) is 1. The van der Waals surface area contributed by atoms with E-state index in [-0.39, 0.29) is 11.4 Å². The lowest BCUT2D eigenvalue weighted by Gasteiger charge is -2.38. The molecule has 1 aliphatic heterocycles. The van der Waals surface area contributed by atoms with Crippen LogP contribution in [0.1, 0.15) is 30.1 Å². The predicted octanol–water partition coefficient (Wildman–Crippen LogP) is 2.55. The highest BCUT2D eigenvalue weighted by atomic mass is 35.5. The number of amides is 1. The molecule has 1 N–H and O–H groups in total. The van der Waals surface area contributed by atoms with Gasteiger partial charge in [-0.1, -0.05) is 17.7 Å². The van der Waals surface area contributed by atoms with E-state index < -0.39 is 0 Å². The van der Waals surface area contributed by atoms with Crippen LogP contribution in [0.15, 0.2) is 24.3 Å². The first-order valence-corrected chi connectivity index (χ1v) is 6.63. The first-order valence-electron chi connectivity index (χ1n) is 6.25. The minimum absolute atomic E-state index is 0.0375. The van der Waals surface area contributed by atoms with Gasteiger partial charge < -0.3 is 10.2 Å². The fraction of sp³-hybridized carbons (Fsp3) is 0.500. The summed E-state index contributed by atoms with van der Waals surface area (Å²) in [7, 11) is 2.11. The Bertz CT molecular complexity index is 439. The van der Waals surface area contributed by atoms with Crippen molar-refractivity contribution in [2.45, 2.75) is 25.3 Å². The molecule has 0 bridgehead atoms. The van der Waals surface area contributed by atoms with Gasteiger partial charge in [-0.2, -0.15) is 0 Å². The first-order chi connectivity index (χ1) is 8.48. The first kappa shape index (κ1) is 13.4. The molecular formula is C14H19ClN2O. The number of nitrogens with one attached hydrogen (secondary N) is 1. The van der Waals surface area contributed by atoms with Crippen molar-refractivity contribution in [1.82, 2.24) is 10.2 Å². The van der Waals surface area contributed by atoms with Gasteiger partial charge >= 0.3 is 0 Å². The second-order valence-corrected chi connectivity index (χ2v) is 5.76. The van der Waals surface area contributed by atoms with E-state index in [4.69, 9.17) is 11.6 Å². The van der Waals surface area contributed by atoms with Crippen molar-refractivity contribution in [3.8, 4) is 0 Å². The fourth-order valence-electron chi connectivity index (χ4n) is 2.21. The molecule has 0 aromatic heterocycles. The Kier molecular flexibility index (Phi) is 3.93. The third kappa shape index (κ3) is 3.24. The summed E-state index contributed by atoms with van der Waals surface area (Å²) in [6, 6.07) is 7.07. The Morgan fingerprint density at radius 1 is 1.39 bits per heavy atom. The smallest absolute Gasteiger partial charge is 0.251 e. The summed E-state index contributed by atoms with van der Waals surface area (Å²) in [4.78, 5) is 14.5. The van der Waals surface area contributed by atoms with Crippen LogP contribution in [-0.2, 0) is 0 Å². The second-order valence-electron chi connectivity index (χ2n) is 5.33. The van der Waals surface area contributed by atoms with Crippen LogP contribution in [0.25, 0.3) is 0 Å². The van der Waals surface area contributed by atoms with Gasteiger partial charge in [0, 0.05) is 29.2 Å². The second kappa shape index (κ2) is 5.29. The Hall–Kier alpha value is -1.06. The highest BCUT2D eigenvalue weighted by Crippen LogP contribution is 2.21. The van der Waals surface area contributed by atoms with E-state index in [0.717, 1.165) is 25.9 Å². The van der Waals surface area contributed by atoms with Gasteiger partial charge in [0.05, 0.1) is 0 Å². The zero-order valence-electron chi connectivity index (χ0n) is 10.9. The van der Waals surface area contributed by atoms with Gasteiger partial charge in [0.15, 0.2) is 0 Å². The average molecular weight is 267 g/mol. The Morgan fingerprint density at radius 2 is 2.06 bits per heavy atom. The summed E-state index contributed by atoms with van der Waals surface area (Å²) in [5.41, 5.74) is 0.522. The molecule has 1 aromatic rings. The number of hydrogen-bond acceptors (Lipinski definition) is 2. The van der Waals surface area contributed by atoms with Gasteiger partial charge in [0.2, 0.25) is 0 Å². The van der Waals surface area contributed by atoms with Crippen LogP contribution in [0.2, 0.25) is 5.02 Å². The summed E-state index contributed by atoms with van der Waals surface area (Å²) < 4.78 is 0. The fourth-order valence-corrected chi connectivity index (χ4v) is 2.40. The number of piperidine rings is 1. The third-order valence-corrected chi connectivity index (χ3v) is 3.83. The van der Waals surface area contributed by atoms with Crippen molar-refractivity contribution in [3.05, 3.63) is 34.9 Å². The van der Waals surface area contributed by atoms with E-state index in [1.165, 1.54) is 0 Å². The summed E-state index contributed by atoms with van der Waals surface area (Å²) in [5, 5.41) is 3.73. The molecule has 1 heterocycles. The van der Waals surface area contributed by atoms with Crippen LogP contribution in [0.5, 0.6) is 0 Å². The maximum absolute atomic E-state index is 12.2. The molecular weight excluding hydrogens is 248 g/mol. The van der Waals surface area contributed by atoms with Crippen molar-refractivity contribution in [2.24, 2.45) is 0 Å². The Balaban J connectivity index is 2.03. The standard InChI is InChI=1S/C14H19ClN2O/c1-14(6-8-17(2)9-7-14)16-13(18)11-4-3-5-12(15)10-11/h3-5,10H,6-9H2,1-2H3,(H,16,18). The minimum Gasteiger partial charge on any atom is -0.347 e. The van der Waals surface area contributed by atoms with Crippen LogP contribution in [0.3, 0.4) is 0 Å². The number of nitrogens with zero attached hydrogens (tertiary/aromatic N) is 1. The lowest BCUT2D eigenvalue weighted by Crippen LogP contribution is -2.52. The van der Waals surface area contributed by atoms with Gasteiger partial charge in [0.25, 0.3) is 5.91 Å². The molecule has 18 heavy (non-hydrogen) atoms. The predicted molar refractivity (Wildman–Crippen MR) is 74.1 cm³/mol. The Labute approximate surface area is 113 Å². The molecule has 1 fully saturated rings. The van der Waals surface area contributed by atoms with Crippen molar-refractivity contribution < 1.29 is 4.79 Å². The molecule has 0 unspecified atom stereocenters. The highest BCUT2D eigenvalue weighted by Gasteiger charge is 2.30. The molecule has 0 atom stereocenters. The number of rotatable bonds is 2. The third-order valence-electron chi connectivity index (χ3n) is 3.59. The van der Waals surface area contributed by atoms with Gasteiger partial charge in [-0.3, -0.25) is 4.79 Å². The summed E-state index contributed by atoms with van der Waals surface area (Å²) in [6.45, 7) is 4.15. The van der Waals surface area contributed by atoms with Crippen LogP contribution < -0.4 is 5.32 Å². The van der Waals surface area contributed by atoms with Crippen molar-refractivity contribution in [2.75, 3.05) is 20.1 Å². The molecule has 2 rings (SSSR count). The summed E-state index contributed by atoms with van der Waals surface area (Å²) in [6.07, 6.45) is 1.96. The molecule has 3 nitrogen and oxygen atoms in total. The Morgan fingerprint density at radius 3 is 2.67 bits per heavy atom.